The van der Waals surface area contributed by atoms with E-state index >= 15 is 0 Å². The van der Waals surface area contributed by atoms with Crippen LogP contribution in [0.1, 0.15) is 40.0 Å². The minimum Gasteiger partial charge on any atom is -0.396 e. The Morgan fingerprint density at radius 3 is 2.53 bits per heavy atom. The molecule has 0 saturated carbocycles. The zero-order valence-corrected chi connectivity index (χ0v) is 10.7. The van der Waals surface area contributed by atoms with Gasteiger partial charge in [0.2, 0.25) is 0 Å². The molecule has 0 aromatic carbocycles. The summed E-state index contributed by atoms with van der Waals surface area (Å²) in [6, 6.07) is 0.448. The average Bonchev–Trinajstić information content (AvgIpc) is 2.21. The lowest BCUT2D eigenvalue weighted by molar-refractivity contribution is 0.153. The summed E-state index contributed by atoms with van der Waals surface area (Å²) in [5.41, 5.74) is 0.254. The van der Waals surface area contributed by atoms with Crippen molar-refractivity contribution in [1.29, 1.82) is 0 Å². The van der Waals surface area contributed by atoms with Crippen molar-refractivity contribution in [3.8, 4) is 0 Å². The molecule has 0 radical (unpaired) electrons. The fraction of sp³-hybridized carbons (Fsp3) is 1.00. The summed E-state index contributed by atoms with van der Waals surface area (Å²) in [5.74, 6) is 0. The summed E-state index contributed by atoms with van der Waals surface area (Å²) in [5, 5.41) is 12.3. The first-order valence-corrected chi connectivity index (χ1v) is 5.89. The number of nitrogens with one attached hydrogen (secondary N) is 1. The van der Waals surface area contributed by atoms with Crippen LogP contribution in [-0.2, 0) is 4.74 Å². The molecule has 0 fully saturated rings. The van der Waals surface area contributed by atoms with Crippen LogP contribution in [0.2, 0.25) is 0 Å². The number of methoxy groups -OCH3 is 1. The predicted molar refractivity (Wildman–Crippen MR) is 64.1 cm³/mol. The lowest BCUT2D eigenvalue weighted by Crippen LogP contribution is -2.39. The second kappa shape index (κ2) is 8.08. The standard InChI is InChI=1S/C12H27NO2/c1-5-11(9-15-4)13-10-12(2,3)7-6-8-14/h11,13-14H,5-10H2,1-4H3. The summed E-state index contributed by atoms with van der Waals surface area (Å²) in [6.07, 6.45) is 3.03. The molecular weight excluding hydrogens is 190 g/mol. The van der Waals surface area contributed by atoms with Gasteiger partial charge in [-0.05, 0) is 24.7 Å². The molecule has 1 unspecified atom stereocenters. The van der Waals surface area contributed by atoms with Gasteiger partial charge < -0.3 is 15.2 Å². The van der Waals surface area contributed by atoms with E-state index in [9.17, 15) is 0 Å². The highest BCUT2D eigenvalue weighted by atomic mass is 16.5. The fourth-order valence-electron chi connectivity index (χ4n) is 1.59. The van der Waals surface area contributed by atoms with Gasteiger partial charge in [-0.15, -0.1) is 0 Å². The number of rotatable bonds is 9. The Morgan fingerprint density at radius 2 is 2.07 bits per heavy atom. The predicted octanol–water partition coefficient (Wildman–Crippen LogP) is 1.80. The van der Waals surface area contributed by atoms with Crippen LogP contribution >= 0.6 is 0 Å². The Kier molecular flexibility index (Phi) is 8.02. The highest BCUT2D eigenvalue weighted by molar-refractivity contribution is 4.74. The van der Waals surface area contributed by atoms with E-state index in [0.29, 0.717) is 12.6 Å². The maximum atomic E-state index is 8.80. The van der Waals surface area contributed by atoms with Gasteiger partial charge in [-0.2, -0.15) is 0 Å². The molecule has 0 aliphatic rings. The minimum atomic E-state index is 0.254. The quantitative estimate of drug-likeness (QED) is 0.619. The van der Waals surface area contributed by atoms with Gasteiger partial charge in [0.1, 0.15) is 0 Å². The number of hydrogen-bond acceptors (Lipinski definition) is 3. The van der Waals surface area contributed by atoms with Crippen molar-refractivity contribution in [2.45, 2.75) is 46.1 Å². The van der Waals surface area contributed by atoms with Gasteiger partial charge in [0.25, 0.3) is 0 Å². The minimum absolute atomic E-state index is 0.254. The topological polar surface area (TPSA) is 41.5 Å². The molecule has 3 nitrogen and oxygen atoms in total. The molecule has 15 heavy (non-hydrogen) atoms. The molecule has 1 atom stereocenters. The summed E-state index contributed by atoms with van der Waals surface area (Å²) in [4.78, 5) is 0. The van der Waals surface area contributed by atoms with E-state index < -0.39 is 0 Å². The second-order valence-electron chi connectivity index (χ2n) is 4.93. The molecule has 0 spiro atoms. The number of ether oxygens (including phenoxy) is 1. The fourth-order valence-corrected chi connectivity index (χ4v) is 1.59. The Bertz CT molecular complexity index is 149. The Morgan fingerprint density at radius 1 is 1.40 bits per heavy atom. The number of aliphatic hydroxyl groups is 1. The summed E-state index contributed by atoms with van der Waals surface area (Å²) in [7, 11) is 1.74. The number of aliphatic hydroxyl groups excluding tert-OH is 1. The van der Waals surface area contributed by atoms with Gasteiger partial charge in [-0.1, -0.05) is 20.8 Å². The van der Waals surface area contributed by atoms with E-state index in [1.54, 1.807) is 7.11 Å². The monoisotopic (exact) mass is 217 g/mol. The van der Waals surface area contributed by atoms with E-state index in [1.165, 1.54) is 0 Å². The molecule has 0 amide bonds. The van der Waals surface area contributed by atoms with Crippen molar-refractivity contribution < 1.29 is 9.84 Å². The first kappa shape index (κ1) is 14.9. The maximum Gasteiger partial charge on any atom is 0.0615 e. The van der Waals surface area contributed by atoms with Gasteiger partial charge in [0.15, 0.2) is 0 Å². The third-order valence-electron chi connectivity index (χ3n) is 2.74. The third-order valence-corrected chi connectivity index (χ3v) is 2.74. The zero-order chi connectivity index (χ0) is 11.7. The van der Waals surface area contributed by atoms with Crippen LogP contribution in [0.15, 0.2) is 0 Å². The molecule has 0 heterocycles. The normalized spacial score (nSPS) is 14.2. The lowest BCUT2D eigenvalue weighted by atomic mass is 9.87. The van der Waals surface area contributed by atoms with Crippen molar-refractivity contribution >= 4 is 0 Å². The smallest absolute Gasteiger partial charge is 0.0615 e. The molecular formula is C12H27NO2. The summed E-state index contributed by atoms with van der Waals surface area (Å²) < 4.78 is 5.14. The van der Waals surface area contributed by atoms with Crippen molar-refractivity contribution in [3.05, 3.63) is 0 Å². The van der Waals surface area contributed by atoms with Crippen molar-refractivity contribution in [3.63, 3.8) is 0 Å². The molecule has 0 rings (SSSR count). The van der Waals surface area contributed by atoms with Gasteiger partial charge in [-0.3, -0.25) is 0 Å². The van der Waals surface area contributed by atoms with Crippen LogP contribution in [0.4, 0.5) is 0 Å². The van der Waals surface area contributed by atoms with Gasteiger partial charge in [-0.25, -0.2) is 0 Å². The molecule has 2 N–H and O–H groups in total. The summed E-state index contributed by atoms with van der Waals surface area (Å²) >= 11 is 0. The summed E-state index contributed by atoms with van der Waals surface area (Å²) in [6.45, 7) is 8.67. The van der Waals surface area contributed by atoms with Crippen LogP contribution in [0, 0.1) is 5.41 Å². The first-order valence-electron chi connectivity index (χ1n) is 5.89. The van der Waals surface area contributed by atoms with Gasteiger partial charge >= 0.3 is 0 Å². The van der Waals surface area contributed by atoms with Crippen LogP contribution < -0.4 is 5.32 Å². The van der Waals surface area contributed by atoms with E-state index in [4.69, 9.17) is 9.84 Å². The third kappa shape index (κ3) is 7.77. The largest absolute Gasteiger partial charge is 0.396 e. The van der Waals surface area contributed by atoms with E-state index in [0.717, 1.165) is 32.4 Å². The molecule has 0 aromatic rings. The van der Waals surface area contributed by atoms with E-state index in [1.807, 2.05) is 0 Å². The average molecular weight is 217 g/mol. The van der Waals surface area contributed by atoms with Crippen molar-refractivity contribution in [2.75, 3.05) is 26.9 Å². The van der Waals surface area contributed by atoms with Crippen LogP contribution in [0.25, 0.3) is 0 Å². The van der Waals surface area contributed by atoms with E-state index in [-0.39, 0.29) is 5.41 Å². The SMILES string of the molecule is CCC(COC)NCC(C)(C)CCCO. The van der Waals surface area contributed by atoms with Crippen LogP contribution in [0.5, 0.6) is 0 Å². The molecule has 0 bridgehead atoms. The molecule has 92 valence electrons. The number of hydrogen-bond donors (Lipinski definition) is 2. The van der Waals surface area contributed by atoms with Gasteiger partial charge in [0.05, 0.1) is 6.61 Å². The molecule has 0 saturated heterocycles. The molecule has 0 aliphatic carbocycles. The zero-order valence-electron chi connectivity index (χ0n) is 10.7. The second-order valence-corrected chi connectivity index (χ2v) is 4.93. The van der Waals surface area contributed by atoms with E-state index in [2.05, 4.69) is 26.1 Å². The molecule has 0 aromatic heterocycles. The van der Waals surface area contributed by atoms with Crippen molar-refractivity contribution in [1.82, 2.24) is 5.32 Å². The van der Waals surface area contributed by atoms with Crippen LogP contribution in [-0.4, -0.2) is 38.0 Å². The van der Waals surface area contributed by atoms with Crippen LogP contribution in [0.3, 0.4) is 0 Å². The molecule has 0 aliphatic heterocycles. The lowest BCUT2D eigenvalue weighted by Gasteiger charge is -2.27. The van der Waals surface area contributed by atoms with Gasteiger partial charge in [0, 0.05) is 26.3 Å². The molecule has 3 heteroatoms. The highest BCUT2D eigenvalue weighted by Crippen LogP contribution is 2.21. The Hall–Kier alpha value is -0.120. The maximum absolute atomic E-state index is 8.80. The highest BCUT2D eigenvalue weighted by Gasteiger charge is 2.18. The first-order chi connectivity index (χ1) is 7.05. The Balaban J connectivity index is 3.78. The Labute approximate surface area is 94.2 Å². The van der Waals surface area contributed by atoms with Crippen molar-refractivity contribution in [2.24, 2.45) is 5.41 Å².